The summed E-state index contributed by atoms with van der Waals surface area (Å²) in [5.41, 5.74) is 4.03. The van der Waals surface area contributed by atoms with Crippen LogP contribution in [0.2, 0.25) is 0 Å². The van der Waals surface area contributed by atoms with Crippen molar-refractivity contribution in [3.63, 3.8) is 0 Å². The first-order valence-electron chi connectivity index (χ1n) is 4.84. The Kier molecular flexibility index (Phi) is 2.49. The number of aromatic amines is 2. The molecule has 1 atom stereocenters. The summed E-state index contributed by atoms with van der Waals surface area (Å²) < 4.78 is 0. The van der Waals surface area contributed by atoms with E-state index in [2.05, 4.69) is 15.4 Å². The maximum atomic E-state index is 11.3. The lowest BCUT2D eigenvalue weighted by atomic mass is 10.0. The van der Waals surface area contributed by atoms with Crippen molar-refractivity contribution >= 4 is 16.9 Å². The first kappa shape index (κ1) is 10.4. The van der Waals surface area contributed by atoms with Crippen LogP contribution >= 0.6 is 0 Å². The highest BCUT2D eigenvalue weighted by Crippen LogP contribution is 2.18. The molecular weight excluding hydrogens is 208 g/mol. The number of fused-ring (bicyclic) bond motifs is 1. The maximum Gasteiger partial charge on any atom is 0.323 e. The standard InChI is InChI=1S/C10H12N4O2/c1-5(9(15)14-11)6-2-3-7-8(4-6)13-10(16)12-7/h2-5H,11H2,1H3,(H,14,15)(H2,12,13,16). The Labute approximate surface area is 90.8 Å². The highest BCUT2D eigenvalue weighted by atomic mass is 16.2. The highest BCUT2D eigenvalue weighted by molar-refractivity contribution is 5.84. The van der Waals surface area contributed by atoms with E-state index in [1.165, 1.54) is 0 Å². The second kappa shape index (κ2) is 3.82. The van der Waals surface area contributed by atoms with Gasteiger partial charge in [-0.05, 0) is 24.6 Å². The summed E-state index contributed by atoms with van der Waals surface area (Å²) >= 11 is 0. The summed E-state index contributed by atoms with van der Waals surface area (Å²) in [7, 11) is 0. The zero-order valence-corrected chi connectivity index (χ0v) is 8.70. The number of imidazole rings is 1. The Morgan fingerprint density at radius 3 is 2.75 bits per heavy atom. The van der Waals surface area contributed by atoms with Crippen LogP contribution in [-0.2, 0) is 4.79 Å². The zero-order chi connectivity index (χ0) is 11.7. The Balaban J connectivity index is 2.46. The molecule has 84 valence electrons. The molecule has 1 aromatic heterocycles. The molecule has 0 fully saturated rings. The van der Waals surface area contributed by atoms with Crippen molar-refractivity contribution in [2.75, 3.05) is 0 Å². The minimum absolute atomic E-state index is 0.261. The van der Waals surface area contributed by atoms with E-state index in [4.69, 9.17) is 5.84 Å². The number of hydrogen-bond acceptors (Lipinski definition) is 3. The lowest BCUT2D eigenvalue weighted by molar-refractivity contribution is -0.122. The molecule has 1 aromatic carbocycles. The predicted molar refractivity (Wildman–Crippen MR) is 59.7 cm³/mol. The summed E-state index contributed by atoms with van der Waals surface area (Å²) in [5, 5.41) is 0. The molecule has 1 unspecified atom stereocenters. The van der Waals surface area contributed by atoms with E-state index in [0.717, 1.165) is 5.56 Å². The first-order chi connectivity index (χ1) is 7.61. The van der Waals surface area contributed by atoms with Gasteiger partial charge >= 0.3 is 5.69 Å². The number of carbonyl (C=O) groups is 1. The van der Waals surface area contributed by atoms with Gasteiger partial charge in [0, 0.05) is 0 Å². The zero-order valence-electron chi connectivity index (χ0n) is 8.70. The Morgan fingerprint density at radius 1 is 1.38 bits per heavy atom. The van der Waals surface area contributed by atoms with E-state index in [1.807, 2.05) is 0 Å². The van der Waals surface area contributed by atoms with E-state index < -0.39 is 0 Å². The van der Waals surface area contributed by atoms with E-state index in [9.17, 15) is 9.59 Å². The van der Waals surface area contributed by atoms with E-state index >= 15 is 0 Å². The van der Waals surface area contributed by atoms with Gasteiger partial charge in [0.15, 0.2) is 0 Å². The summed E-state index contributed by atoms with van der Waals surface area (Å²) in [6.07, 6.45) is 0. The van der Waals surface area contributed by atoms with Gasteiger partial charge in [0.25, 0.3) is 0 Å². The van der Waals surface area contributed by atoms with Gasteiger partial charge in [-0.25, -0.2) is 10.6 Å². The SMILES string of the molecule is CC(C(=O)NN)c1ccc2[nH]c(=O)[nH]c2c1. The number of nitrogens with two attached hydrogens (primary N) is 1. The van der Waals surface area contributed by atoms with E-state index in [0.29, 0.717) is 11.0 Å². The highest BCUT2D eigenvalue weighted by Gasteiger charge is 2.14. The molecule has 6 nitrogen and oxygen atoms in total. The monoisotopic (exact) mass is 220 g/mol. The smallest absolute Gasteiger partial charge is 0.306 e. The molecule has 1 amide bonds. The van der Waals surface area contributed by atoms with Crippen LogP contribution in [0.5, 0.6) is 0 Å². The van der Waals surface area contributed by atoms with E-state index in [1.54, 1.807) is 25.1 Å². The summed E-state index contributed by atoms with van der Waals surface area (Å²) in [6.45, 7) is 1.74. The van der Waals surface area contributed by atoms with Crippen LogP contribution in [0.1, 0.15) is 18.4 Å². The average Bonchev–Trinajstić information content (AvgIpc) is 2.65. The topological polar surface area (TPSA) is 104 Å². The third kappa shape index (κ3) is 1.70. The lowest BCUT2D eigenvalue weighted by Gasteiger charge is -2.09. The summed E-state index contributed by atoms with van der Waals surface area (Å²) in [4.78, 5) is 27.7. The van der Waals surface area contributed by atoms with Crippen molar-refractivity contribution in [2.45, 2.75) is 12.8 Å². The maximum absolute atomic E-state index is 11.3. The number of carbonyl (C=O) groups excluding carboxylic acids is 1. The third-order valence-corrected chi connectivity index (χ3v) is 2.58. The molecule has 0 bridgehead atoms. The van der Waals surface area contributed by atoms with Gasteiger partial charge in [-0.2, -0.15) is 0 Å². The van der Waals surface area contributed by atoms with Crippen molar-refractivity contribution < 1.29 is 4.79 Å². The average molecular weight is 220 g/mol. The van der Waals surface area contributed by atoms with Crippen molar-refractivity contribution in [3.05, 3.63) is 34.2 Å². The van der Waals surface area contributed by atoms with Crippen LogP contribution in [0.15, 0.2) is 23.0 Å². The lowest BCUT2D eigenvalue weighted by Crippen LogP contribution is -2.33. The largest absolute Gasteiger partial charge is 0.323 e. The Bertz CT molecular complexity index is 584. The molecule has 0 saturated heterocycles. The molecule has 0 spiro atoms. The molecular formula is C10H12N4O2. The van der Waals surface area contributed by atoms with Crippen LogP contribution in [0.25, 0.3) is 11.0 Å². The van der Waals surface area contributed by atoms with Crippen LogP contribution in [0, 0.1) is 0 Å². The van der Waals surface area contributed by atoms with Gasteiger partial charge in [0.1, 0.15) is 0 Å². The predicted octanol–water partition coefficient (Wildman–Crippen LogP) is -0.0504. The molecule has 0 saturated carbocycles. The quantitative estimate of drug-likeness (QED) is 0.324. The summed E-state index contributed by atoms with van der Waals surface area (Å²) in [6, 6.07) is 5.29. The fourth-order valence-corrected chi connectivity index (χ4v) is 1.60. The number of hydrogen-bond donors (Lipinski definition) is 4. The molecule has 0 radical (unpaired) electrons. The number of nitrogens with one attached hydrogen (secondary N) is 3. The third-order valence-electron chi connectivity index (χ3n) is 2.58. The number of aromatic nitrogens is 2. The number of hydrazine groups is 1. The van der Waals surface area contributed by atoms with Gasteiger partial charge in [0.05, 0.1) is 17.0 Å². The molecule has 2 rings (SSSR count). The van der Waals surface area contributed by atoms with Crippen molar-refractivity contribution in [1.82, 2.24) is 15.4 Å². The minimum atomic E-state index is -0.354. The van der Waals surface area contributed by atoms with Crippen molar-refractivity contribution in [2.24, 2.45) is 5.84 Å². The van der Waals surface area contributed by atoms with Crippen molar-refractivity contribution in [1.29, 1.82) is 0 Å². The number of rotatable bonds is 2. The molecule has 2 aromatic rings. The van der Waals surface area contributed by atoms with E-state index in [-0.39, 0.29) is 17.5 Å². The molecule has 5 N–H and O–H groups in total. The Hall–Kier alpha value is -2.08. The fraction of sp³-hybridized carbons (Fsp3) is 0.200. The second-order valence-corrected chi connectivity index (χ2v) is 3.61. The Morgan fingerprint density at radius 2 is 2.06 bits per heavy atom. The van der Waals surface area contributed by atoms with Gasteiger partial charge < -0.3 is 9.97 Å². The van der Waals surface area contributed by atoms with Crippen molar-refractivity contribution in [3.8, 4) is 0 Å². The van der Waals surface area contributed by atoms with Crippen LogP contribution in [-0.4, -0.2) is 15.9 Å². The molecule has 0 aliphatic rings. The van der Waals surface area contributed by atoms with Gasteiger partial charge in [-0.3, -0.25) is 10.2 Å². The molecule has 6 heteroatoms. The number of amides is 1. The van der Waals surface area contributed by atoms with Crippen LogP contribution < -0.4 is 17.0 Å². The number of H-pyrrole nitrogens is 2. The number of benzene rings is 1. The second-order valence-electron chi connectivity index (χ2n) is 3.61. The molecule has 1 heterocycles. The van der Waals surface area contributed by atoms with Gasteiger partial charge in [-0.1, -0.05) is 6.07 Å². The normalized spacial score (nSPS) is 12.6. The molecule has 0 aliphatic carbocycles. The molecule has 0 aliphatic heterocycles. The first-order valence-corrected chi connectivity index (χ1v) is 4.84. The van der Waals surface area contributed by atoms with Gasteiger partial charge in [0.2, 0.25) is 5.91 Å². The van der Waals surface area contributed by atoms with Crippen LogP contribution in [0.4, 0.5) is 0 Å². The summed E-state index contributed by atoms with van der Waals surface area (Å²) in [5.74, 6) is 4.44. The van der Waals surface area contributed by atoms with Gasteiger partial charge in [-0.15, -0.1) is 0 Å². The fourth-order valence-electron chi connectivity index (χ4n) is 1.60. The molecule has 16 heavy (non-hydrogen) atoms. The minimum Gasteiger partial charge on any atom is -0.306 e. The van der Waals surface area contributed by atoms with Crippen LogP contribution in [0.3, 0.4) is 0 Å².